The number of carbonyl (C=O) groups excluding carboxylic acids is 1. The van der Waals surface area contributed by atoms with Crippen molar-refractivity contribution >= 4 is 29.0 Å². The highest BCUT2D eigenvalue weighted by Crippen LogP contribution is 2.32. The summed E-state index contributed by atoms with van der Waals surface area (Å²) in [5, 5.41) is 19.3. The van der Waals surface area contributed by atoms with E-state index in [1.807, 2.05) is 0 Å². The standard InChI is InChI=1S/C14H17N5O5/c15-9(22)2-1-6-4-19(10-3-7(21)8(5-20)24-10)12-11(6)13(23)18-14(16)17-12/h1-2,4,7-8,10,20-21H,3,5H2,(H2,15,22)(H3,16,17,18,23)/b2-1+/t7-,8+,10+/m0/s1. The van der Waals surface area contributed by atoms with Crippen LogP contribution in [-0.2, 0) is 9.53 Å². The number of fused-ring (bicyclic) bond motifs is 1. The van der Waals surface area contributed by atoms with Gasteiger partial charge in [-0.25, -0.2) is 0 Å². The Kier molecular flexibility index (Phi) is 4.09. The summed E-state index contributed by atoms with van der Waals surface area (Å²) in [6.45, 7) is -0.332. The zero-order valence-corrected chi connectivity index (χ0v) is 12.5. The van der Waals surface area contributed by atoms with Crippen LogP contribution in [0.25, 0.3) is 17.1 Å². The predicted octanol–water partition coefficient (Wildman–Crippen LogP) is -1.55. The van der Waals surface area contributed by atoms with E-state index in [4.69, 9.17) is 16.2 Å². The van der Waals surface area contributed by atoms with Crippen molar-refractivity contribution < 1.29 is 19.7 Å². The average Bonchev–Trinajstić information content (AvgIpc) is 3.05. The number of primary amides is 1. The normalized spacial score (nSPS) is 24.2. The first-order valence-corrected chi connectivity index (χ1v) is 7.23. The summed E-state index contributed by atoms with van der Waals surface area (Å²) in [5.74, 6) is -0.738. The van der Waals surface area contributed by atoms with Gasteiger partial charge in [0.2, 0.25) is 11.9 Å². The van der Waals surface area contributed by atoms with Gasteiger partial charge < -0.3 is 31.0 Å². The van der Waals surface area contributed by atoms with Gasteiger partial charge in [0.15, 0.2) is 5.65 Å². The molecule has 0 bridgehead atoms. The number of hydrogen-bond acceptors (Lipinski definition) is 7. The fourth-order valence-electron chi connectivity index (χ4n) is 2.77. The maximum absolute atomic E-state index is 12.2. The first kappa shape index (κ1) is 16.2. The number of hydrogen-bond donors (Lipinski definition) is 5. The molecule has 1 amide bonds. The van der Waals surface area contributed by atoms with Crippen LogP contribution >= 0.6 is 0 Å². The SMILES string of the molecule is NC(=O)/C=C/c1cn([C@H]2C[C@H](O)[C@@H](CO)O2)c2nc(N)[nH]c(=O)c12. The molecule has 0 aliphatic carbocycles. The first-order chi connectivity index (χ1) is 11.4. The highest BCUT2D eigenvalue weighted by atomic mass is 16.5. The molecule has 0 saturated carbocycles. The maximum Gasteiger partial charge on any atom is 0.262 e. The van der Waals surface area contributed by atoms with Crippen molar-refractivity contribution in [2.24, 2.45) is 5.73 Å². The number of aromatic nitrogens is 3. The van der Waals surface area contributed by atoms with Crippen molar-refractivity contribution in [3.8, 4) is 0 Å². The van der Waals surface area contributed by atoms with E-state index in [-0.39, 0.29) is 30.0 Å². The molecule has 0 aromatic carbocycles. The third-order valence-electron chi connectivity index (χ3n) is 3.85. The molecule has 3 atom stereocenters. The summed E-state index contributed by atoms with van der Waals surface area (Å²) in [6, 6.07) is 0. The minimum Gasteiger partial charge on any atom is -0.394 e. The zero-order chi connectivity index (χ0) is 17.4. The lowest BCUT2D eigenvalue weighted by molar-refractivity contribution is -0.113. The Labute approximate surface area is 135 Å². The van der Waals surface area contributed by atoms with Gasteiger partial charge in [-0.05, 0) is 6.08 Å². The van der Waals surface area contributed by atoms with E-state index in [1.54, 1.807) is 10.8 Å². The van der Waals surface area contributed by atoms with Gasteiger partial charge in [0, 0.05) is 24.3 Å². The number of anilines is 1. The van der Waals surface area contributed by atoms with Crippen molar-refractivity contribution in [2.75, 3.05) is 12.3 Å². The van der Waals surface area contributed by atoms with Crippen LogP contribution in [0.2, 0.25) is 0 Å². The number of ether oxygens (including phenoxy) is 1. The van der Waals surface area contributed by atoms with Gasteiger partial charge in [-0.1, -0.05) is 0 Å². The third kappa shape index (κ3) is 2.77. The number of nitrogens with two attached hydrogens (primary N) is 2. The Hall–Kier alpha value is -2.69. The number of aromatic amines is 1. The van der Waals surface area contributed by atoms with Crippen LogP contribution in [0.1, 0.15) is 18.2 Å². The summed E-state index contributed by atoms with van der Waals surface area (Å²) in [5.41, 5.74) is 10.9. The molecule has 128 valence electrons. The Balaban J connectivity index is 2.15. The van der Waals surface area contributed by atoms with E-state index in [9.17, 15) is 19.8 Å². The van der Waals surface area contributed by atoms with Crippen molar-refractivity contribution in [3.63, 3.8) is 0 Å². The van der Waals surface area contributed by atoms with Gasteiger partial charge in [0.05, 0.1) is 18.1 Å². The van der Waals surface area contributed by atoms with Gasteiger partial charge in [0.1, 0.15) is 12.3 Å². The van der Waals surface area contributed by atoms with Crippen molar-refractivity contribution in [1.29, 1.82) is 0 Å². The lowest BCUT2D eigenvalue weighted by Gasteiger charge is -2.14. The number of aliphatic hydroxyl groups excluding tert-OH is 2. The van der Waals surface area contributed by atoms with Gasteiger partial charge in [-0.3, -0.25) is 14.6 Å². The van der Waals surface area contributed by atoms with Crippen LogP contribution in [0.5, 0.6) is 0 Å². The minimum absolute atomic E-state index is 0.0745. The minimum atomic E-state index is -0.846. The molecule has 10 nitrogen and oxygen atoms in total. The van der Waals surface area contributed by atoms with Crippen LogP contribution in [0.3, 0.4) is 0 Å². The summed E-state index contributed by atoms with van der Waals surface area (Å²) < 4.78 is 7.13. The lowest BCUT2D eigenvalue weighted by Crippen LogP contribution is -2.24. The van der Waals surface area contributed by atoms with Crippen LogP contribution in [-0.4, -0.2) is 49.5 Å². The molecule has 1 aliphatic rings. The second kappa shape index (κ2) is 6.07. The molecule has 0 spiro atoms. The van der Waals surface area contributed by atoms with E-state index < -0.39 is 29.9 Å². The van der Waals surface area contributed by atoms with Crippen molar-refractivity contribution in [1.82, 2.24) is 14.5 Å². The largest absolute Gasteiger partial charge is 0.394 e. The Morgan fingerprint density at radius 1 is 1.58 bits per heavy atom. The van der Waals surface area contributed by atoms with E-state index in [2.05, 4.69) is 9.97 Å². The molecule has 24 heavy (non-hydrogen) atoms. The molecular formula is C14H17N5O5. The van der Waals surface area contributed by atoms with Crippen molar-refractivity contribution in [2.45, 2.75) is 24.9 Å². The number of amides is 1. The summed E-state index contributed by atoms with van der Waals surface area (Å²) in [6.07, 6.45) is 2.08. The number of nitrogens with zero attached hydrogens (tertiary/aromatic N) is 2. The highest BCUT2D eigenvalue weighted by Gasteiger charge is 2.35. The monoisotopic (exact) mass is 335 g/mol. The highest BCUT2D eigenvalue weighted by molar-refractivity contribution is 5.94. The number of aliphatic hydroxyl groups is 2. The summed E-state index contributed by atoms with van der Waals surface area (Å²) >= 11 is 0. The molecule has 10 heteroatoms. The smallest absolute Gasteiger partial charge is 0.262 e. The molecule has 3 heterocycles. The molecular weight excluding hydrogens is 318 g/mol. The first-order valence-electron chi connectivity index (χ1n) is 7.23. The fraction of sp³-hybridized carbons (Fsp3) is 0.357. The summed E-state index contributed by atoms with van der Waals surface area (Å²) in [4.78, 5) is 29.7. The maximum atomic E-state index is 12.2. The van der Waals surface area contributed by atoms with E-state index in [0.717, 1.165) is 6.08 Å². The lowest BCUT2D eigenvalue weighted by atomic mass is 10.2. The van der Waals surface area contributed by atoms with Crippen LogP contribution < -0.4 is 17.0 Å². The number of carbonyl (C=O) groups is 1. The Morgan fingerprint density at radius 3 is 2.96 bits per heavy atom. The van der Waals surface area contributed by atoms with E-state index in [1.165, 1.54) is 6.08 Å². The van der Waals surface area contributed by atoms with Crippen LogP contribution in [0, 0.1) is 0 Å². The molecule has 1 saturated heterocycles. The Bertz CT molecular complexity index is 870. The Morgan fingerprint density at radius 2 is 2.33 bits per heavy atom. The average molecular weight is 335 g/mol. The number of rotatable bonds is 4. The second-order valence-electron chi connectivity index (χ2n) is 5.49. The van der Waals surface area contributed by atoms with Gasteiger partial charge >= 0.3 is 0 Å². The quantitative estimate of drug-likeness (QED) is 0.421. The van der Waals surface area contributed by atoms with Gasteiger partial charge in [0.25, 0.3) is 5.56 Å². The molecule has 0 unspecified atom stereocenters. The summed E-state index contributed by atoms with van der Waals surface area (Å²) in [7, 11) is 0. The van der Waals surface area contributed by atoms with Gasteiger partial charge in [-0.2, -0.15) is 4.98 Å². The van der Waals surface area contributed by atoms with E-state index in [0.29, 0.717) is 5.56 Å². The topological polar surface area (TPSA) is 169 Å². The predicted molar refractivity (Wildman–Crippen MR) is 84.6 cm³/mol. The number of nitrogens with one attached hydrogen (secondary N) is 1. The molecule has 2 aromatic rings. The molecule has 1 aliphatic heterocycles. The van der Waals surface area contributed by atoms with Crippen LogP contribution in [0.4, 0.5) is 5.95 Å². The zero-order valence-electron chi connectivity index (χ0n) is 12.5. The number of H-pyrrole nitrogens is 1. The van der Waals surface area contributed by atoms with E-state index >= 15 is 0 Å². The molecule has 3 rings (SSSR count). The molecule has 7 N–H and O–H groups in total. The molecule has 2 aromatic heterocycles. The van der Waals surface area contributed by atoms with Crippen molar-refractivity contribution in [3.05, 3.63) is 28.2 Å². The molecule has 0 radical (unpaired) electrons. The van der Waals surface area contributed by atoms with Gasteiger partial charge in [-0.15, -0.1) is 0 Å². The number of nitrogen functional groups attached to an aromatic ring is 1. The molecule has 1 fully saturated rings. The van der Waals surface area contributed by atoms with Crippen LogP contribution in [0.15, 0.2) is 17.1 Å². The third-order valence-corrected chi connectivity index (χ3v) is 3.85. The second-order valence-corrected chi connectivity index (χ2v) is 5.49. The fourth-order valence-corrected chi connectivity index (χ4v) is 2.77.